The first-order chi connectivity index (χ1) is 9.83. The Morgan fingerprint density at radius 2 is 2.15 bits per heavy atom. The molecule has 0 saturated carbocycles. The fourth-order valence-corrected chi connectivity index (χ4v) is 2.24. The summed E-state index contributed by atoms with van der Waals surface area (Å²) < 4.78 is 7.13. The van der Waals surface area contributed by atoms with E-state index in [0.717, 1.165) is 5.69 Å². The summed E-state index contributed by atoms with van der Waals surface area (Å²) in [6.45, 7) is 0.555. The summed E-state index contributed by atoms with van der Waals surface area (Å²) in [6.07, 6.45) is 3.21. The van der Waals surface area contributed by atoms with Gasteiger partial charge in [-0.1, -0.05) is 6.07 Å². The van der Waals surface area contributed by atoms with Crippen molar-refractivity contribution in [2.75, 3.05) is 7.11 Å². The fourth-order valence-electron chi connectivity index (χ4n) is 2.03. The van der Waals surface area contributed by atoms with Gasteiger partial charge in [0.2, 0.25) is 5.88 Å². The van der Waals surface area contributed by atoms with Gasteiger partial charge in [0, 0.05) is 6.20 Å². The van der Waals surface area contributed by atoms with Gasteiger partial charge in [0.15, 0.2) is 11.2 Å². The van der Waals surface area contributed by atoms with Crippen molar-refractivity contribution in [1.29, 1.82) is 0 Å². The second-order valence-electron chi connectivity index (χ2n) is 4.12. The molecule has 3 aromatic rings. The van der Waals surface area contributed by atoms with Crippen LogP contribution in [0.2, 0.25) is 0 Å². The van der Waals surface area contributed by atoms with Crippen molar-refractivity contribution < 1.29 is 4.74 Å². The maximum absolute atomic E-state index is 5.97. The number of rotatable bonds is 4. The molecule has 0 aliphatic rings. The first kappa shape index (κ1) is 12.8. The highest BCUT2D eigenvalue weighted by molar-refractivity contribution is 6.16. The van der Waals surface area contributed by atoms with Gasteiger partial charge in [-0.25, -0.2) is 9.97 Å². The number of aromatic nitrogens is 5. The topological polar surface area (TPSA) is 65.7 Å². The fraction of sp³-hybridized carbons (Fsp3) is 0.231. The van der Waals surface area contributed by atoms with Crippen molar-refractivity contribution >= 4 is 22.8 Å². The molecular weight excluding hydrogens is 278 g/mol. The maximum Gasteiger partial charge on any atom is 0.245 e. The Kier molecular flexibility index (Phi) is 3.47. The molecule has 0 aliphatic heterocycles. The standard InChI is InChI=1S/C13H12ClN5O/c1-20-13-11-12(16-8-17-13)19(10(6-14)18-11)7-9-4-2-3-5-15-9/h2-5,8H,6-7H2,1H3. The molecule has 0 amide bonds. The highest BCUT2D eigenvalue weighted by atomic mass is 35.5. The van der Waals surface area contributed by atoms with E-state index in [1.807, 2.05) is 22.8 Å². The van der Waals surface area contributed by atoms with Crippen molar-refractivity contribution in [3.8, 4) is 5.88 Å². The second kappa shape index (κ2) is 5.42. The van der Waals surface area contributed by atoms with Crippen molar-refractivity contribution in [3.05, 3.63) is 42.2 Å². The van der Waals surface area contributed by atoms with Gasteiger partial charge in [-0.2, -0.15) is 4.98 Å². The molecule has 20 heavy (non-hydrogen) atoms. The van der Waals surface area contributed by atoms with Gasteiger partial charge in [-0.15, -0.1) is 11.6 Å². The van der Waals surface area contributed by atoms with E-state index in [4.69, 9.17) is 16.3 Å². The van der Waals surface area contributed by atoms with Crippen LogP contribution in [-0.4, -0.2) is 31.6 Å². The third-order valence-electron chi connectivity index (χ3n) is 2.94. The molecule has 0 unspecified atom stereocenters. The van der Waals surface area contributed by atoms with Gasteiger partial charge < -0.3 is 9.30 Å². The lowest BCUT2D eigenvalue weighted by Gasteiger charge is -2.06. The van der Waals surface area contributed by atoms with E-state index in [0.29, 0.717) is 29.4 Å². The van der Waals surface area contributed by atoms with Crippen LogP contribution in [0.15, 0.2) is 30.7 Å². The average Bonchev–Trinajstić information content (AvgIpc) is 2.86. The lowest BCUT2D eigenvalue weighted by molar-refractivity contribution is 0.401. The van der Waals surface area contributed by atoms with E-state index in [9.17, 15) is 0 Å². The largest absolute Gasteiger partial charge is 0.479 e. The van der Waals surface area contributed by atoms with Crippen molar-refractivity contribution in [2.24, 2.45) is 0 Å². The average molecular weight is 290 g/mol. The first-order valence-electron chi connectivity index (χ1n) is 6.03. The zero-order chi connectivity index (χ0) is 13.9. The van der Waals surface area contributed by atoms with Crippen LogP contribution in [-0.2, 0) is 12.4 Å². The molecule has 3 heterocycles. The number of ether oxygens (including phenoxy) is 1. The van der Waals surface area contributed by atoms with Crippen LogP contribution in [0.3, 0.4) is 0 Å². The summed E-state index contributed by atoms with van der Waals surface area (Å²) in [4.78, 5) is 17.1. The van der Waals surface area contributed by atoms with Crippen LogP contribution in [0.5, 0.6) is 5.88 Å². The molecular formula is C13H12ClN5O. The summed E-state index contributed by atoms with van der Waals surface area (Å²) in [7, 11) is 1.56. The van der Waals surface area contributed by atoms with Crippen LogP contribution in [0.25, 0.3) is 11.2 Å². The molecule has 3 aromatic heterocycles. The molecule has 0 bridgehead atoms. The number of halogens is 1. The lowest BCUT2D eigenvalue weighted by Crippen LogP contribution is -2.06. The molecule has 0 N–H and O–H groups in total. The number of nitrogens with zero attached hydrogens (tertiary/aromatic N) is 5. The first-order valence-corrected chi connectivity index (χ1v) is 6.57. The van der Waals surface area contributed by atoms with Gasteiger partial charge in [0.05, 0.1) is 25.2 Å². The Hall–Kier alpha value is -2.21. The van der Waals surface area contributed by atoms with E-state index < -0.39 is 0 Å². The Morgan fingerprint density at radius 3 is 2.85 bits per heavy atom. The number of alkyl halides is 1. The van der Waals surface area contributed by atoms with E-state index in [1.54, 1.807) is 13.3 Å². The van der Waals surface area contributed by atoms with Gasteiger partial charge in [0.1, 0.15) is 12.2 Å². The Labute approximate surface area is 120 Å². The van der Waals surface area contributed by atoms with Crippen molar-refractivity contribution in [1.82, 2.24) is 24.5 Å². The summed E-state index contributed by atoms with van der Waals surface area (Å²) >= 11 is 5.97. The summed E-state index contributed by atoms with van der Waals surface area (Å²) in [5.41, 5.74) is 2.22. The van der Waals surface area contributed by atoms with E-state index in [1.165, 1.54) is 6.33 Å². The number of fused-ring (bicyclic) bond motifs is 1. The number of hydrogen-bond donors (Lipinski definition) is 0. The van der Waals surface area contributed by atoms with Crippen LogP contribution in [0, 0.1) is 0 Å². The summed E-state index contributed by atoms with van der Waals surface area (Å²) in [6, 6.07) is 5.77. The SMILES string of the molecule is COc1ncnc2c1nc(CCl)n2Cc1ccccn1. The number of methoxy groups -OCH3 is 1. The minimum atomic E-state index is 0.284. The Bertz CT molecular complexity index is 728. The van der Waals surface area contributed by atoms with E-state index >= 15 is 0 Å². The molecule has 6 nitrogen and oxygen atoms in total. The van der Waals surface area contributed by atoms with Crippen LogP contribution >= 0.6 is 11.6 Å². The van der Waals surface area contributed by atoms with Gasteiger partial charge in [-0.05, 0) is 12.1 Å². The second-order valence-corrected chi connectivity index (χ2v) is 4.39. The molecule has 0 aromatic carbocycles. The number of pyridine rings is 1. The zero-order valence-electron chi connectivity index (χ0n) is 10.8. The molecule has 0 spiro atoms. The molecule has 0 fully saturated rings. The normalized spacial score (nSPS) is 10.9. The van der Waals surface area contributed by atoms with Crippen LogP contribution in [0.4, 0.5) is 0 Å². The molecule has 0 saturated heterocycles. The molecule has 102 valence electrons. The highest BCUT2D eigenvalue weighted by Crippen LogP contribution is 2.23. The van der Waals surface area contributed by atoms with Crippen LogP contribution in [0.1, 0.15) is 11.5 Å². The van der Waals surface area contributed by atoms with Crippen molar-refractivity contribution in [2.45, 2.75) is 12.4 Å². The molecule has 0 radical (unpaired) electrons. The summed E-state index contributed by atoms with van der Waals surface area (Å²) in [5.74, 6) is 1.44. The van der Waals surface area contributed by atoms with Gasteiger partial charge in [0.25, 0.3) is 0 Å². The van der Waals surface area contributed by atoms with E-state index in [2.05, 4.69) is 19.9 Å². The minimum Gasteiger partial charge on any atom is -0.479 e. The lowest BCUT2D eigenvalue weighted by atomic mass is 10.3. The molecule has 0 atom stereocenters. The molecule has 7 heteroatoms. The monoisotopic (exact) mass is 289 g/mol. The highest BCUT2D eigenvalue weighted by Gasteiger charge is 2.16. The Balaban J connectivity index is 2.13. The van der Waals surface area contributed by atoms with Gasteiger partial charge >= 0.3 is 0 Å². The summed E-state index contributed by atoms with van der Waals surface area (Å²) in [5, 5.41) is 0. The predicted molar refractivity (Wildman–Crippen MR) is 74.8 cm³/mol. The smallest absolute Gasteiger partial charge is 0.245 e. The third kappa shape index (κ3) is 2.18. The molecule has 3 rings (SSSR count). The maximum atomic E-state index is 5.97. The quantitative estimate of drug-likeness (QED) is 0.688. The molecule has 0 aliphatic carbocycles. The van der Waals surface area contributed by atoms with Crippen molar-refractivity contribution in [3.63, 3.8) is 0 Å². The predicted octanol–water partition coefficient (Wildman–Crippen LogP) is 2.02. The number of hydrogen-bond acceptors (Lipinski definition) is 5. The van der Waals surface area contributed by atoms with Crippen LogP contribution < -0.4 is 4.74 Å². The third-order valence-corrected chi connectivity index (χ3v) is 3.18. The van der Waals surface area contributed by atoms with E-state index in [-0.39, 0.29) is 5.88 Å². The minimum absolute atomic E-state index is 0.284. The van der Waals surface area contributed by atoms with Gasteiger partial charge in [-0.3, -0.25) is 4.98 Å². The number of imidazole rings is 1. The zero-order valence-corrected chi connectivity index (χ0v) is 11.6. The Morgan fingerprint density at radius 1 is 1.25 bits per heavy atom.